The number of rotatable bonds is 3. The van der Waals surface area contributed by atoms with E-state index in [1.807, 2.05) is 12.1 Å². The molecule has 0 radical (unpaired) electrons. The first-order chi connectivity index (χ1) is 11.6. The molecule has 0 saturated heterocycles. The van der Waals surface area contributed by atoms with Crippen LogP contribution in [-0.4, -0.2) is 16.7 Å². The molecule has 1 amide bonds. The van der Waals surface area contributed by atoms with Gasteiger partial charge in [-0.1, -0.05) is 24.3 Å². The zero-order valence-electron chi connectivity index (χ0n) is 12.9. The summed E-state index contributed by atoms with van der Waals surface area (Å²) in [5, 5.41) is 4.27. The molecule has 0 unspecified atom stereocenters. The Kier molecular flexibility index (Phi) is 4.20. The van der Waals surface area contributed by atoms with E-state index in [-0.39, 0.29) is 16.8 Å². The molecule has 120 valence electrons. The molecule has 3 rings (SSSR count). The number of amides is 1. The predicted octanol–water partition coefficient (Wildman–Crippen LogP) is 2.44. The summed E-state index contributed by atoms with van der Waals surface area (Å²) in [6, 6.07) is 12.7. The minimum Gasteiger partial charge on any atom is -0.350 e. The lowest BCUT2D eigenvalue weighted by Gasteiger charge is -2.07. The maximum Gasteiger partial charge on any atom is 0.276 e. The Morgan fingerprint density at radius 3 is 2.62 bits per heavy atom. The molecule has 5 nitrogen and oxygen atoms in total. The highest BCUT2D eigenvalue weighted by Gasteiger charge is 2.13. The third-order valence-electron chi connectivity index (χ3n) is 3.59. The molecule has 0 spiro atoms. The number of para-hydroxylation sites is 1. The number of hydrogen-bond acceptors (Lipinski definition) is 3. The molecular weight excluding hydrogens is 309 g/mol. The predicted molar refractivity (Wildman–Crippen MR) is 90.6 cm³/mol. The van der Waals surface area contributed by atoms with Gasteiger partial charge in [0.05, 0.1) is 11.7 Å². The summed E-state index contributed by atoms with van der Waals surface area (Å²) in [5.41, 5.74) is 3.35. The van der Waals surface area contributed by atoms with Gasteiger partial charge < -0.3 is 4.57 Å². The zero-order chi connectivity index (χ0) is 17.1. The number of pyridine rings is 1. The van der Waals surface area contributed by atoms with E-state index in [9.17, 15) is 14.0 Å². The van der Waals surface area contributed by atoms with Gasteiger partial charge in [0.25, 0.3) is 5.91 Å². The van der Waals surface area contributed by atoms with E-state index in [0.29, 0.717) is 10.9 Å². The van der Waals surface area contributed by atoms with Crippen molar-refractivity contribution in [3.63, 3.8) is 0 Å². The van der Waals surface area contributed by atoms with Crippen molar-refractivity contribution in [1.82, 2.24) is 9.99 Å². The molecule has 0 aliphatic rings. The molecule has 0 fully saturated rings. The Morgan fingerprint density at radius 2 is 1.88 bits per heavy atom. The van der Waals surface area contributed by atoms with Gasteiger partial charge in [-0.15, -0.1) is 0 Å². The van der Waals surface area contributed by atoms with Gasteiger partial charge in [-0.3, -0.25) is 9.59 Å². The average molecular weight is 323 g/mol. The van der Waals surface area contributed by atoms with E-state index in [2.05, 4.69) is 10.5 Å². The van der Waals surface area contributed by atoms with Crippen LogP contribution in [0.15, 0.2) is 64.6 Å². The maximum atomic E-state index is 12.8. The van der Waals surface area contributed by atoms with Crippen LogP contribution in [0.4, 0.5) is 4.39 Å². The van der Waals surface area contributed by atoms with Crippen molar-refractivity contribution in [3.8, 4) is 0 Å². The first-order valence-electron chi connectivity index (χ1n) is 7.23. The van der Waals surface area contributed by atoms with Crippen LogP contribution < -0.4 is 10.9 Å². The summed E-state index contributed by atoms with van der Waals surface area (Å²) in [6.07, 6.45) is 2.86. The number of fused-ring (bicyclic) bond motifs is 1. The number of nitrogens with one attached hydrogen (secondary N) is 1. The van der Waals surface area contributed by atoms with Crippen molar-refractivity contribution >= 4 is 23.0 Å². The highest BCUT2D eigenvalue weighted by molar-refractivity contribution is 5.97. The summed E-state index contributed by atoms with van der Waals surface area (Å²) < 4.78 is 14.5. The third-order valence-corrected chi connectivity index (χ3v) is 3.59. The monoisotopic (exact) mass is 323 g/mol. The summed E-state index contributed by atoms with van der Waals surface area (Å²) in [6.45, 7) is 0. The van der Waals surface area contributed by atoms with Gasteiger partial charge in [-0.25, -0.2) is 9.82 Å². The van der Waals surface area contributed by atoms with Crippen LogP contribution in [0.5, 0.6) is 0 Å². The van der Waals surface area contributed by atoms with Gasteiger partial charge >= 0.3 is 0 Å². The standard InChI is InChI=1S/C18H14FN3O2/c1-22-11-15(17(23)14-4-2-3-5-16(14)22)18(24)21-20-10-12-6-8-13(19)9-7-12/h2-11H,1H3,(H,21,24)/b20-10+. The minimum atomic E-state index is -0.597. The van der Waals surface area contributed by atoms with E-state index in [1.165, 1.54) is 36.7 Å². The van der Waals surface area contributed by atoms with Gasteiger partial charge in [0.15, 0.2) is 0 Å². The number of aryl methyl sites for hydroxylation is 1. The first-order valence-corrected chi connectivity index (χ1v) is 7.23. The van der Waals surface area contributed by atoms with Gasteiger partial charge in [-0.05, 0) is 29.8 Å². The van der Waals surface area contributed by atoms with Crippen molar-refractivity contribution in [2.45, 2.75) is 0 Å². The Balaban J connectivity index is 1.85. The normalized spacial score (nSPS) is 11.1. The van der Waals surface area contributed by atoms with Gasteiger partial charge in [0.2, 0.25) is 5.43 Å². The minimum absolute atomic E-state index is 0.00690. The fourth-order valence-electron chi connectivity index (χ4n) is 2.38. The molecule has 1 aromatic heterocycles. The molecule has 0 aliphatic carbocycles. The summed E-state index contributed by atoms with van der Waals surface area (Å²) in [5.74, 6) is -0.949. The molecule has 3 aromatic rings. The molecule has 2 aromatic carbocycles. The second-order valence-electron chi connectivity index (χ2n) is 5.25. The largest absolute Gasteiger partial charge is 0.350 e. The van der Waals surface area contributed by atoms with E-state index in [1.54, 1.807) is 23.7 Å². The number of aromatic nitrogens is 1. The summed E-state index contributed by atoms with van der Waals surface area (Å²) in [4.78, 5) is 24.6. The maximum absolute atomic E-state index is 12.8. The molecule has 24 heavy (non-hydrogen) atoms. The number of carbonyl (C=O) groups excluding carboxylic acids is 1. The van der Waals surface area contributed by atoms with Crippen LogP contribution in [-0.2, 0) is 7.05 Å². The summed E-state index contributed by atoms with van der Waals surface area (Å²) in [7, 11) is 1.76. The zero-order valence-corrected chi connectivity index (χ0v) is 12.9. The van der Waals surface area contributed by atoms with Crippen LogP contribution in [0.3, 0.4) is 0 Å². The number of halogens is 1. The second kappa shape index (κ2) is 6.45. The highest BCUT2D eigenvalue weighted by atomic mass is 19.1. The van der Waals surface area contributed by atoms with Gasteiger partial charge in [0.1, 0.15) is 11.4 Å². The SMILES string of the molecule is Cn1cc(C(=O)N/N=C/c2ccc(F)cc2)c(=O)c2ccccc21. The third kappa shape index (κ3) is 3.08. The van der Waals surface area contributed by atoms with E-state index in [4.69, 9.17) is 0 Å². The lowest BCUT2D eigenvalue weighted by Crippen LogP contribution is -2.26. The topological polar surface area (TPSA) is 63.5 Å². The van der Waals surface area contributed by atoms with Crippen LogP contribution in [0.2, 0.25) is 0 Å². The van der Waals surface area contributed by atoms with Crippen LogP contribution in [0.1, 0.15) is 15.9 Å². The number of carbonyl (C=O) groups is 1. The lowest BCUT2D eigenvalue weighted by atomic mass is 10.1. The lowest BCUT2D eigenvalue weighted by molar-refractivity contribution is 0.0953. The van der Waals surface area contributed by atoms with E-state index in [0.717, 1.165) is 5.52 Å². The number of hydrogen-bond donors (Lipinski definition) is 1. The fraction of sp³-hybridized carbons (Fsp3) is 0.0556. The Bertz CT molecular complexity index is 991. The second-order valence-corrected chi connectivity index (χ2v) is 5.25. The van der Waals surface area contributed by atoms with Crippen LogP contribution in [0, 0.1) is 5.82 Å². The highest BCUT2D eigenvalue weighted by Crippen LogP contribution is 2.10. The molecule has 1 N–H and O–H groups in total. The molecule has 0 aliphatic heterocycles. The number of hydrazone groups is 1. The van der Waals surface area contributed by atoms with Crippen molar-refractivity contribution in [2.24, 2.45) is 12.1 Å². The Labute approximate surface area is 137 Å². The Hall–Kier alpha value is -3.28. The molecule has 0 atom stereocenters. The molecule has 0 bridgehead atoms. The number of benzene rings is 2. The van der Waals surface area contributed by atoms with Crippen molar-refractivity contribution in [3.05, 3.63) is 81.9 Å². The van der Waals surface area contributed by atoms with Gasteiger partial charge in [0, 0.05) is 18.6 Å². The molecule has 0 saturated carbocycles. The first kappa shape index (κ1) is 15.6. The van der Waals surface area contributed by atoms with E-state index < -0.39 is 5.91 Å². The quantitative estimate of drug-likeness (QED) is 0.594. The fourth-order valence-corrected chi connectivity index (χ4v) is 2.38. The number of nitrogens with zero attached hydrogens (tertiary/aromatic N) is 2. The Morgan fingerprint density at radius 1 is 1.17 bits per heavy atom. The van der Waals surface area contributed by atoms with Crippen molar-refractivity contribution in [2.75, 3.05) is 0 Å². The van der Waals surface area contributed by atoms with Gasteiger partial charge in [-0.2, -0.15) is 5.10 Å². The summed E-state index contributed by atoms with van der Waals surface area (Å²) >= 11 is 0. The van der Waals surface area contributed by atoms with Crippen LogP contribution in [0.25, 0.3) is 10.9 Å². The van der Waals surface area contributed by atoms with E-state index >= 15 is 0 Å². The molecule has 1 heterocycles. The molecular formula is C18H14FN3O2. The average Bonchev–Trinajstić information content (AvgIpc) is 2.60. The molecule has 6 heteroatoms. The smallest absolute Gasteiger partial charge is 0.276 e. The van der Waals surface area contributed by atoms with Crippen LogP contribution >= 0.6 is 0 Å². The van der Waals surface area contributed by atoms with Crippen molar-refractivity contribution in [1.29, 1.82) is 0 Å². The van der Waals surface area contributed by atoms with Crippen molar-refractivity contribution < 1.29 is 9.18 Å².